The van der Waals surface area contributed by atoms with Gasteiger partial charge >= 0.3 is 0 Å². The smallest absolute Gasteiger partial charge is 0.243 e. The monoisotopic (exact) mass is 602 g/mol. The molecule has 9 nitrogen and oxygen atoms in total. The van der Waals surface area contributed by atoms with Crippen molar-refractivity contribution in [1.29, 1.82) is 0 Å². The van der Waals surface area contributed by atoms with Crippen LogP contribution in [0.4, 0.5) is 21.5 Å². The highest BCUT2D eigenvalue weighted by Crippen LogP contribution is 2.34. The SMILES string of the molecule is O=C(Cc1ccccc1)Nc1ccc(N2CCN(c3ccccc3F)CC2)c(S(=O)(=O)NCc2ccc3c(c2)OCO3)c1. The Kier molecular flexibility index (Phi) is 8.17. The number of sulfonamides is 1. The lowest BCUT2D eigenvalue weighted by Gasteiger charge is -2.38. The van der Waals surface area contributed by atoms with Crippen LogP contribution < -0.4 is 29.3 Å². The lowest BCUT2D eigenvalue weighted by atomic mass is 10.1. The third-order valence-corrected chi connectivity index (χ3v) is 8.89. The Hall–Kier alpha value is -4.61. The summed E-state index contributed by atoms with van der Waals surface area (Å²) < 4.78 is 55.5. The highest BCUT2D eigenvalue weighted by molar-refractivity contribution is 7.89. The zero-order chi connectivity index (χ0) is 29.8. The molecule has 2 heterocycles. The normalized spacial score (nSPS) is 14.5. The van der Waals surface area contributed by atoms with Crippen molar-refractivity contribution in [2.24, 2.45) is 0 Å². The van der Waals surface area contributed by atoms with E-state index in [0.717, 1.165) is 5.56 Å². The largest absolute Gasteiger partial charge is 0.454 e. The van der Waals surface area contributed by atoms with Crippen molar-refractivity contribution in [1.82, 2.24) is 4.72 Å². The number of piperazine rings is 1. The maximum Gasteiger partial charge on any atom is 0.243 e. The van der Waals surface area contributed by atoms with E-state index >= 15 is 0 Å². The van der Waals surface area contributed by atoms with Crippen LogP contribution in [0.15, 0.2) is 95.9 Å². The average molecular weight is 603 g/mol. The average Bonchev–Trinajstić information content (AvgIpc) is 3.49. The molecule has 6 rings (SSSR count). The molecular formula is C32H31FN4O5S. The van der Waals surface area contributed by atoms with Crippen molar-refractivity contribution >= 4 is 33.0 Å². The quantitative estimate of drug-likeness (QED) is 0.290. The van der Waals surface area contributed by atoms with Crippen LogP contribution in [-0.2, 0) is 27.8 Å². The summed E-state index contributed by atoms with van der Waals surface area (Å²) >= 11 is 0. The minimum atomic E-state index is -4.03. The van der Waals surface area contributed by atoms with E-state index < -0.39 is 10.0 Å². The second-order valence-electron chi connectivity index (χ2n) is 10.3. The van der Waals surface area contributed by atoms with Crippen molar-refractivity contribution in [2.75, 3.05) is 48.1 Å². The Balaban J connectivity index is 1.23. The van der Waals surface area contributed by atoms with E-state index in [4.69, 9.17) is 9.47 Å². The van der Waals surface area contributed by atoms with E-state index in [1.165, 1.54) is 12.1 Å². The lowest BCUT2D eigenvalue weighted by Crippen LogP contribution is -2.47. The highest BCUT2D eigenvalue weighted by atomic mass is 32.2. The fourth-order valence-electron chi connectivity index (χ4n) is 5.26. The third-order valence-electron chi connectivity index (χ3n) is 7.46. The molecule has 4 aromatic rings. The fraction of sp³-hybridized carbons (Fsp3) is 0.219. The van der Waals surface area contributed by atoms with E-state index in [0.29, 0.717) is 60.3 Å². The molecule has 4 aromatic carbocycles. The van der Waals surface area contributed by atoms with Crippen LogP contribution >= 0.6 is 0 Å². The van der Waals surface area contributed by atoms with Crippen molar-refractivity contribution in [3.63, 3.8) is 0 Å². The molecule has 0 saturated carbocycles. The number of halogens is 1. The number of nitrogens with zero attached hydrogens (tertiary/aromatic N) is 2. The summed E-state index contributed by atoms with van der Waals surface area (Å²) in [5, 5.41) is 2.84. The Labute approximate surface area is 249 Å². The number of hydrogen-bond acceptors (Lipinski definition) is 7. The second kappa shape index (κ2) is 12.3. The van der Waals surface area contributed by atoms with Crippen molar-refractivity contribution in [3.05, 3.63) is 108 Å². The number of fused-ring (bicyclic) bond motifs is 1. The van der Waals surface area contributed by atoms with Crippen molar-refractivity contribution in [2.45, 2.75) is 17.9 Å². The van der Waals surface area contributed by atoms with Crippen LogP contribution in [0, 0.1) is 5.82 Å². The molecule has 2 N–H and O–H groups in total. The molecule has 1 amide bonds. The van der Waals surface area contributed by atoms with Crippen LogP contribution in [-0.4, -0.2) is 47.3 Å². The van der Waals surface area contributed by atoms with Gasteiger partial charge in [0, 0.05) is 38.4 Å². The highest BCUT2D eigenvalue weighted by Gasteiger charge is 2.27. The van der Waals surface area contributed by atoms with Crippen molar-refractivity contribution in [3.8, 4) is 11.5 Å². The minimum Gasteiger partial charge on any atom is -0.454 e. The fourth-order valence-corrected chi connectivity index (χ4v) is 6.53. The number of rotatable bonds is 9. The van der Waals surface area contributed by atoms with E-state index in [9.17, 15) is 17.6 Å². The zero-order valence-electron chi connectivity index (χ0n) is 23.3. The molecule has 11 heteroatoms. The van der Waals surface area contributed by atoms with Gasteiger partial charge in [0.2, 0.25) is 22.7 Å². The van der Waals surface area contributed by atoms with Crippen LogP contribution in [0.5, 0.6) is 11.5 Å². The number of hydrogen-bond donors (Lipinski definition) is 2. The first-order valence-electron chi connectivity index (χ1n) is 14.0. The Morgan fingerprint density at radius 1 is 0.767 bits per heavy atom. The topological polar surface area (TPSA) is 100 Å². The lowest BCUT2D eigenvalue weighted by molar-refractivity contribution is -0.115. The standard InChI is InChI=1S/C32H31FN4O5S/c33-26-8-4-5-9-27(26)36-14-16-37(17-15-36)28-12-11-25(35-32(38)19-23-6-2-1-3-7-23)20-31(28)43(39,40)34-21-24-10-13-29-30(18-24)42-22-41-29/h1-13,18,20,34H,14-17,19,21-22H2,(H,35,38). The molecule has 0 unspecified atom stereocenters. The molecule has 0 aliphatic carbocycles. The molecule has 0 atom stereocenters. The van der Waals surface area contributed by atoms with Gasteiger partial charge in [0.05, 0.1) is 17.8 Å². The van der Waals surface area contributed by atoms with Gasteiger partial charge in [-0.25, -0.2) is 17.5 Å². The molecule has 0 bridgehead atoms. The first kappa shape index (κ1) is 28.5. The first-order chi connectivity index (χ1) is 20.9. The number of nitrogens with one attached hydrogen (secondary N) is 2. The molecule has 2 aliphatic heterocycles. The predicted molar refractivity (Wildman–Crippen MR) is 163 cm³/mol. The van der Waals surface area contributed by atoms with E-state index in [-0.39, 0.29) is 36.4 Å². The number of amides is 1. The third kappa shape index (κ3) is 6.58. The van der Waals surface area contributed by atoms with Gasteiger partial charge in [-0.15, -0.1) is 0 Å². The number of carbonyl (C=O) groups excluding carboxylic acids is 1. The van der Waals surface area contributed by atoms with Gasteiger partial charge in [0.1, 0.15) is 10.7 Å². The van der Waals surface area contributed by atoms with Crippen LogP contribution in [0.2, 0.25) is 0 Å². The van der Waals surface area contributed by atoms with Gasteiger partial charge in [0.25, 0.3) is 0 Å². The van der Waals surface area contributed by atoms with Crippen molar-refractivity contribution < 1.29 is 27.1 Å². The van der Waals surface area contributed by atoms with Crippen LogP contribution in [0.3, 0.4) is 0 Å². The Morgan fingerprint density at radius 3 is 2.23 bits per heavy atom. The van der Waals surface area contributed by atoms with Gasteiger partial charge in [-0.2, -0.15) is 0 Å². The zero-order valence-corrected chi connectivity index (χ0v) is 24.1. The number of benzene rings is 4. The first-order valence-corrected chi connectivity index (χ1v) is 15.4. The van der Waals surface area contributed by atoms with Gasteiger partial charge in [0.15, 0.2) is 11.5 Å². The molecule has 43 heavy (non-hydrogen) atoms. The Morgan fingerprint density at radius 2 is 1.47 bits per heavy atom. The summed E-state index contributed by atoms with van der Waals surface area (Å²) in [6, 6.07) is 26.1. The molecular weight excluding hydrogens is 571 g/mol. The predicted octanol–water partition coefficient (Wildman–Crippen LogP) is 4.54. The number of para-hydroxylation sites is 1. The van der Waals surface area contributed by atoms with E-state index in [1.807, 2.05) is 40.1 Å². The van der Waals surface area contributed by atoms with Crippen LogP contribution in [0.1, 0.15) is 11.1 Å². The number of anilines is 3. The molecule has 0 spiro atoms. The maximum atomic E-state index is 14.4. The molecule has 1 saturated heterocycles. The molecule has 0 aromatic heterocycles. The van der Waals surface area contributed by atoms with E-state index in [2.05, 4.69) is 10.0 Å². The van der Waals surface area contributed by atoms with Crippen LogP contribution in [0.25, 0.3) is 0 Å². The summed E-state index contributed by atoms with van der Waals surface area (Å²) in [5.41, 5.74) is 2.96. The van der Waals surface area contributed by atoms with Gasteiger partial charge < -0.3 is 24.6 Å². The summed E-state index contributed by atoms with van der Waals surface area (Å²) in [5.74, 6) is 0.632. The van der Waals surface area contributed by atoms with Gasteiger partial charge in [-0.1, -0.05) is 48.5 Å². The summed E-state index contributed by atoms with van der Waals surface area (Å²) in [7, 11) is -4.03. The number of ether oxygens (including phenoxy) is 2. The molecule has 2 aliphatic rings. The Bertz CT molecular complexity index is 1730. The molecule has 1 fully saturated rings. The maximum absolute atomic E-state index is 14.4. The summed E-state index contributed by atoms with van der Waals surface area (Å²) in [6.07, 6.45) is 0.158. The van der Waals surface area contributed by atoms with Gasteiger partial charge in [-0.05, 0) is 53.6 Å². The van der Waals surface area contributed by atoms with Gasteiger partial charge in [-0.3, -0.25) is 4.79 Å². The summed E-state index contributed by atoms with van der Waals surface area (Å²) in [6.45, 7) is 2.16. The second-order valence-corrected chi connectivity index (χ2v) is 12.1. The number of carbonyl (C=O) groups is 1. The van der Waals surface area contributed by atoms with E-state index in [1.54, 1.807) is 48.5 Å². The molecule has 0 radical (unpaired) electrons. The summed E-state index contributed by atoms with van der Waals surface area (Å²) in [4.78, 5) is 16.8. The molecule has 222 valence electrons. The minimum absolute atomic E-state index is 0.0318.